The summed E-state index contributed by atoms with van der Waals surface area (Å²) in [5.41, 5.74) is 3.39. The Bertz CT molecular complexity index is 1630. The van der Waals surface area contributed by atoms with Crippen LogP contribution in [-0.2, 0) is 6.17 Å². The van der Waals surface area contributed by atoms with Gasteiger partial charge in [-0.1, -0.05) is 74.2 Å². The van der Waals surface area contributed by atoms with Crippen molar-refractivity contribution in [3.05, 3.63) is 95.3 Å². The molecular weight excluding hydrogens is 468 g/mol. The fourth-order valence-corrected chi connectivity index (χ4v) is 7.02. The van der Waals surface area contributed by atoms with Crippen LogP contribution in [0.25, 0.3) is 37.6 Å². The molecule has 0 spiro atoms. The van der Waals surface area contributed by atoms with Crippen LogP contribution in [0.2, 0.25) is 19.6 Å². The molecule has 0 saturated heterocycles. The lowest BCUT2D eigenvalue weighted by molar-refractivity contribution is 0.0990. The summed E-state index contributed by atoms with van der Waals surface area (Å²) in [5.74, 6) is 0.251. The number of hydrogen-bond donors (Lipinski definition) is 0. The van der Waals surface area contributed by atoms with Gasteiger partial charge in [0.15, 0.2) is 11.6 Å². The summed E-state index contributed by atoms with van der Waals surface area (Å²) in [6, 6.07) is 24.0. The van der Waals surface area contributed by atoms with E-state index in [1.165, 1.54) is 10.4 Å². The van der Waals surface area contributed by atoms with Gasteiger partial charge in [0, 0.05) is 22.2 Å². The second kappa shape index (κ2) is 7.97. The smallest absolute Gasteiger partial charge is 0.197 e. The zero-order chi connectivity index (χ0) is 24.3. The maximum absolute atomic E-state index is 13.3. The number of Topliss-reactive ketones (excluding diaryl/α,β-unsaturated/α-hetero) is 2. The molecule has 0 amide bonds. The van der Waals surface area contributed by atoms with Crippen LogP contribution >= 0.6 is 11.3 Å². The minimum atomic E-state index is -1.54. The lowest BCUT2D eigenvalue weighted by Crippen LogP contribution is -2.28. The summed E-state index contributed by atoms with van der Waals surface area (Å²) in [5, 5.41) is 1.92. The van der Waals surface area contributed by atoms with Crippen LogP contribution in [0.5, 0.6) is 0 Å². The molecule has 5 aromatic rings. The summed E-state index contributed by atoms with van der Waals surface area (Å²) in [6.07, 6.45) is 2.57. The van der Waals surface area contributed by atoms with Gasteiger partial charge < -0.3 is 4.57 Å². The molecule has 0 radical (unpaired) electrons. The molecule has 1 aliphatic rings. The van der Waals surface area contributed by atoms with Crippen molar-refractivity contribution in [1.29, 1.82) is 0 Å². The number of allylic oxidation sites excluding steroid dienone is 1. The van der Waals surface area contributed by atoms with E-state index in [-0.39, 0.29) is 17.1 Å². The van der Waals surface area contributed by atoms with E-state index in [1.807, 2.05) is 54.6 Å². The van der Waals surface area contributed by atoms with E-state index in [0.29, 0.717) is 17.0 Å². The van der Waals surface area contributed by atoms with Crippen molar-refractivity contribution in [3.63, 3.8) is 0 Å². The highest BCUT2D eigenvalue weighted by Crippen LogP contribution is 2.36. The quantitative estimate of drug-likeness (QED) is 0.151. The van der Waals surface area contributed by atoms with Crippen LogP contribution in [-0.4, -0.2) is 29.2 Å². The molecule has 0 unspecified atom stereocenters. The van der Waals surface area contributed by atoms with Gasteiger partial charge in [-0.15, -0.1) is 11.3 Å². The third-order valence-electron chi connectivity index (χ3n) is 6.31. The number of thiophene rings is 1. The van der Waals surface area contributed by atoms with Crippen LogP contribution in [0.4, 0.5) is 0 Å². The highest BCUT2D eigenvalue weighted by molar-refractivity contribution is 7.21. The predicted octanol–water partition coefficient (Wildman–Crippen LogP) is 7.26. The number of rotatable bonds is 4. The van der Waals surface area contributed by atoms with Gasteiger partial charge in [-0.05, 0) is 40.6 Å². The van der Waals surface area contributed by atoms with Gasteiger partial charge in [0.05, 0.1) is 19.2 Å². The highest BCUT2D eigenvalue weighted by atomic mass is 32.1. The van der Waals surface area contributed by atoms with Gasteiger partial charge >= 0.3 is 0 Å². The topological polar surface area (TPSA) is 52.0 Å². The summed E-state index contributed by atoms with van der Waals surface area (Å²) in [7, 11) is -1.54. The molecule has 2 heterocycles. The Morgan fingerprint density at radius 3 is 2.06 bits per heavy atom. The maximum atomic E-state index is 13.3. The van der Waals surface area contributed by atoms with Gasteiger partial charge in [-0.25, -0.2) is 4.98 Å². The molecule has 3 aromatic carbocycles. The molecule has 6 rings (SSSR count). The SMILES string of the molecule is C[Si](C)(C)Cn1c(C=C2C(=O)c3cc4ccccc4cc3C2=O)nc2sc(-c3ccccc3)cc21. The fourth-order valence-electron chi connectivity index (χ4n) is 4.70. The van der Waals surface area contributed by atoms with E-state index >= 15 is 0 Å². The molecule has 0 N–H and O–H groups in total. The first-order valence-corrected chi connectivity index (χ1v) is 16.2. The second-order valence-electron chi connectivity index (χ2n) is 10.2. The number of nitrogens with zero attached hydrogens (tertiary/aromatic N) is 2. The third kappa shape index (κ3) is 3.79. The first kappa shape index (κ1) is 21.9. The Hall–Kier alpha value is -3.61. The monoisotopic (exact) mass is 492 g/mol. The van der Waals surface area contributed by atoms with E-state index in [4.69, 9.17) is 4.98 Å². The zero-order valence-corrected chi connectivity index (χ0v) is 21.6. The number of carbonyl (C=O) groups excluding carboxylic acids is 2. The molecule has 172 valence electrons. The Morgan fingerprint density at radius 1 is 0.857 bits per heavy atom. The van der Waals surface area contributed by atoms with Crippen molar-refractivity contribution in [2.24, 2.45) is 0 Å². The average Bonchev–Trinajstić information content (AvgIpc) is 3.45. The van der Waals surface area contributed by atoms with Crippen LogP contribution in [0.1, 0.15) is 26.5 Å². The summed E-state index contributed by atoms with van der Waals surface area (Å²) in [4.78, 5) is 33.7. The van der Waals surface area contributed by atoms with E-state index in [2.05, 4.69) is 42.4 Å². The van der Waals surface area contributed by atoms with E-state index in [0.717, 1.165) is 27.3 Å². The Labute approximate surface area is 208 Å². The molecule has 1 aliphatic carbocycles. The number of hydrogen-bond acceptors (Lipinski definition) is 4. The molecule has 0 saturated carbocycles. The Balaban J connectivity index is 1.48. The van der Waals surface area contributed by atoms with Gasteiger partial charge in [-0.2, -0.15) is 0 Å². The molecule has 4 nitrogen and oxygen atoms in total. The highest BCUT2D eigenvalue weighted by Gasteiger charge is 2.34. The average molecular weight is 493 g/mol. The Morgan fingerprint density at radius 2 is 1.46 bits per heavy atom. The number of ketones is 2. The number of benzene rings is 3. The number of aromatic nitrogens is 2. The molecular formula is C29H24N2O2SSi. The molecule has 35 heavy (non-hydrogen) atoms. The van der Waals surface area contributed by atoms with Gasteiger partial charge in [0.25, 0.3) is 0 Å². The molecule has 0 atom stereocenters. The van der Waals surface area contributed by atoms with Crippen molar-refractivity contribution in [2.45, 2.75) is 25.8 Å². The number of imidazole rings is 1. The molecule has 6 heteroatoms. The lowest BCUT2D eigenvalue weighted by atomic mass is 10.0. The summed E-state index contributed by atoms with van der Waals surface area (Å²) in [6.45, 7) is 6.94. The molecule has 0 bridgehead atoms. The predicted molar refractivity (Wildman–Crippen MR) is 147 cm³/mol. The second-order valence-corrected chi connectivity index (χ2v) is 16.7. The molecule has 0 fully saturated rings. The maximum Gasteiger partial charge on any atom is 0.197 e. The van der Waals surface area contributed by atoms with E-state index in [9.17, 15) is 9.59 Å². The Kier molecular flexibility index (Phi) is 4.98. The van der Waals surface area contributed by atoms with Gasteiger partial charge in [0.1, 0.15) is 10.7 Å². The van der Waals surface area contributed by atoms with Crippen molar-refractivity contribution in [3.8, 4) is 10.4 Å². The normalized spacial score (nSPS) is 13.7. The van der Waals surface area contributed by atoms with Crippen LogP contribution in [0.15, 0.2) is 78.4 Å². The standard InChI is InChI=1S/C29H24N2O2SSi/c1-35(2,3)17-31-24-16-25(18-9-5-4-6-10-18)34-29(24)30-26(31)15-23-27(32)21-13-19-11-7-8-12-20(19)14-22(21)28(23)33/h4-16H,17H2,1-3H3. The third-order valence-corrected chi connectivity index (χ3v) is 8.64. The molecule has 0 aliphatic heterocycles. The summed E-state index contributed by atoms with van der Waals surface area (Å²) < 4.78 is 2.21. The van der Waals surface area contributed by atoms with Crippen LogP contribution in [0.3, 0.4) is 0 Å². The number of carbonyl (C=O) groups is 2. The van der Waals surface area contributed by atoms with E-state index < -0.39 is 8.07 Å². The zero-order valence-electron chi connectivity index (χ0n) is 19.8. The molecule has 2 aromatic heterocycles. The van der Waals surface area contributed by atoms with Crippen molar-refractivity contribution in [2.75, 3.05) is 0 Å². The minimum Gasteiger partial charge on any atom is -0.327 e. The van der Waals surface area contributed by atoms with E-state index in [1.54, 1.807) is 17.4 Å². The van der Waals surface area contributed by atoms with Crippen LogP contribution < -0.4 is 0 Å². The summed E-state index contributed by atoms with van der Waals surface area (Å²) >= 11 is 1.64. The van der Waals surface area contributed by atoms with Gasteiger partial charge in [0.2, 0.25) is 0 Å². The van der Waals surface area contributed by atoms with Crippen molar-refractivity contribution < 1.29 is 9.59 Å². The van der Waals surface area contributed by atoms with Crippen molar-refractivity contribution >= 4 is 58.2 Å². The van der Waals surface area contributed by atoms with Gasteiger partial charge in [-0.3, -0.25) is 9.59 Å². The lowest BCUT2D eigenvalue weighted by Gasteiger charge is -2.18. The fraction of sp³-hybridized carbons (Fsp3) is 0.138. The largest absolute Gasteiger partial charge is 0.327 e. The minimum absolute atomic E-state index is 0.202. The van der Waals surface area contributed by atoms with Crippen molar-refractivity contribution in [1.82, 2.24) is 9.55 Å². The first-order valence-electron chi connectivity index (χ1n) is 11.7. The first-order chi connectivity index (χ1) is 16.8. The number of fused-ring (bicyclic) bond motifs is 3. The van der Waals surface area contributed by atoms with Crippen LogP contribution in [0, 0.1) is 0 Å².